The summed E-state index contributed by atoms with van der Waals surface area (Å²) in [5, 5.41) is 18.2. The first-order valence-electron chi connectivity index (χ1n) is 2.57. The number of aliphatic hydroxyl groups excluding tert-OH is 1. The molecule has 0 radical (unpaired) electrons. The van der Waals surface area contributed by atoms with Crippen LogP contribution in [0.2, 0.25) is 0 Å². The zero-order chi connectivity index (χ0) is 6.15. The topological polar surface area (TPSA) is 60.4 Å². The number of carbonyl (C=O) groups is 1. The van der Waals surface area contributed by atoms with Gasteiger partial charge in [-0.2, -0.15) is 0 Å². The van der Waals surface area contributed by atoms with Gasteiger partial charge in [0.15, 0.2) is 0 Å². The molecule has 1 aliphatic rings. The Morgan fingerprint density at radius 1 is 1.78 bits per heavy atom. The molecule has 0 aliphatic heterocycles. The molecule has 1 rings (SSSR count). The molecule has 0 unspecified atom stereocenters. The number of hydrogen-bond acceptors (Lipinski definition) is 3. The largest absolute Gasteiger partial charge is 1.00 e. The van der Waals surface area contributed by atoms with Crippen molar-refractivity contribution in [1.29, 1.82) is 0 Å². The van der Waals surface area contributed by atoms with Gasteiger partial charge in [0.1, 0.15) is 0 Å². The van der Waals surface area contributed by atoms with Crippen molar-refractivity contribution in [3.8, 4) is 0 Å². The summed E-state index contributed by atoms with van der Waals surface area (Å²) < 4.78 is 0. The molecule has 1 saturated carbocycles. The first-order chi connectivity index (χ1) is 3.75. The van der Waals surface area contributed by atoms with Crippen LogP contribution in [-0.2, 0) is 4.79 Å². The smallest absolute Gasteiger partial charge is 0.550 e. The van der Waals surface area contributed by atoms with E-state index in [1.54, 1.807) is 0 Å². The summed E-state index contributed by atoms with van der Waals surface area (Å²) in [6.07, 6.45) is 0.596. The summed E-state index contributed by atoms with van der Waals surface area (Å²) in [6.45, 7) is -0.0152. The molecule has 1 N–H and O–H groups in total. The van der Waals surface area contributed by atoms with Crippen LogP contribution in [0, 0.1) is 11.8 Å². The molecule has 4 heteroatoms. The minimum Gasteiger partial charge on any atom is -0.550 e. The fourth-order valence-corrected chi connectivity index (χ4v) is 0.738. The molecule has 0 heterocycles. The normalized spacial score (nSPS) is 30.8. The summed E-state index contributed by atoms with van der Waals surface area (Å²) in [7, 11) is 0. The molecule has 1 fully saturated rings. The van der Waals surface area contributed by atoms with Gasteiger partial charge in [0, 0.05) is 18.5 Å². The minimum atomic E-state index is -1.02. The molecule has 0 aromatic rings. The van der Waals surface area contributed by atoms with Crippen molar-refractivity contribution in [2.24, 2.45) is 11.8 Å². The van der Waals surface area contributed by atoms with Crippen LogP contribution in [-0.4, -0.2) is 17.7 Å². The molecule has 46 valence electrons. The first kappa shape index (κ1) is 10.1. The van der Waals surface area contributed by atoms with Crippen LogP contribution in [0.25, 0.3) is 0 Å². The number of aliphatic hydroxyl groups is 1. The number of carboxylic acid groups (broad SMARTS) is 1. The number of aliphatic carboxylic acids is 1. The molecule has 0 saturated heterocycles. The molecular formula is C5H7KO3. The van der Waals surface area contributed by atoms with E-state index < -0.39 is 5.97 Å². The van der Waals surface area contributed by atoms with Gasteiger partial charge in [0.25, 0.3) is 0 Å². The molecule has 1 aliphatic carbocycles. The van der Waals surface area contributed by atoms with Crippen molar-refractivity contribution in [2.45, 2.75) is 6.42 Å². The third kappa shape index (κ3) is 2.65. The van der Waals surface area contributed by atoms with Gasteiger partial charge >= 0.3 is 51.4 Å². The molecular weight excluding hydrogens is 147 g/mol. The maximum absolute atomic E-state index is 9.91. The summed E-state index contributed by atoms with van der Waals surface area (Å²) in [4.78, 5) is 9.91. The second-order valence-electron chi connectivity index (χ2n) is 2.10. The number of carbonyl (C=O) groups excluding carboxylic acids is 1. The first-order valence-corrected chi connectivity index (χ1v) is 2.57. The zero-order valence-electron chi connectivity index (χ0n) is 5.33. The van der Waals surface area contributed by atoms with Crippen LogP contribution < -0.4 is 56.5 Å². The van der Waals surface area contributed by atoms with E-state index in [9.17, 15) is 9.90 Å². The van der Waals surface area contributed by atoms with Crippen molar-refractivity contribution in [2.75, 3.05) is 6.61 Å². The zero-order valence-corrected chi connectivity index (χ0v) is 8.46. The Labute approximate surface area is 95.9 Å². The Kier molecular flexibility index (Phi) is 4.53. The van der Waals surface area contributed by atoms with Crippen LogP contribution >= 0.6 is 0 Å². The third-order valence-electron chi connectivity index (χ3n) is 1.46. The maximum Gasteiger partial charge on any atom is 1.00 e. The number of hydrogen-bond donors (Lipinski definition) is 1. The van der Waals surface area contributed by atoms with Crippen LogP contribution in [0.5, 0.6) is 0 Å². The van der Waals surface area contributed by atoms with Crippen LogP contribution in [0.3, 0.4) is 0 Å². The minimum absolute atomic E-state index is 0. The molecule has 0 amide bonds. The monoisotopic (exact) mass is 154 g/mol. The Balaban J connectivity index is 0.000000640. The Bertz CT molecular complexity index is 115. The van der Waals surface area contributed by atoms with Crippen LogP contribution in [0.4, 0.5) is 0 Å². The standard InChI is InChI=1S/C5H8O3.K/c6-2-3-1-4(3)5(7)8;/h3-4,6H,1-2H2,(H,7,8);/q;+1/p-1/t3-,4+;/m1./s1. The molecule has 0 aromatic carbocycles. The van der Waals surface area contributed by atoms with Crippen molar-refractivity contribution >= 4 is 5.97 Å². The summed E-state index contributed by atoms with van der Waals surface area (Å²) >= 11 is 0. The van der Waals surface area contributed by atoms with E-state index in [0.717, 1.165) is 0 Å². The average Bonchev–Trinajstić information content (AvgIpc) is 2.42. The molecule has 3 nitrogen and oxygen atoms in total. The molecule has 0 aromatic heterocycles. The third-order valence-corrected chi connectivity index (χ3v) is 1.46. The van der Waals surface area contributed by atoms with Crippen molar-refractivity contribution in [3.63, 3.8) is 0 Å². The second-order valence-corrected chi connectivity index (χ2v) is 2.10. The van der Waals surface area contributed by atoms with E-state index in [4.69, 9.17) is 5.11 Å². The van der Waals surface area contributed by atoms with Gasteiger partial charge in [-0.1, -0.05) is 0 Å². The van der Waals surface area contributed by atoms with Crippen LogP contribution in [0.15, 0.2) is 0 Å². The van der Waals surface area contributed by atoms with Gasteiger partial charge in [-0.15, -0.1) is 0 Å². The molecule has 2 atom stereocenters. The van der Waals surface area contributed by atoms with E-state index in [0.29, 0.717) is 6.42 Å². The van der Waals surface area contributed by atoms with Gasteiger partial charge in [0.2, 0.25) is 0 Å². The SMILES string of the molecule is O=C([O-])[C@H]1C[C@@H]1CO.[K+]. The number of carboxylic acids is 1. The fourth-order valence-electron chi connectivity index (χ4n) is 0.738. The van der Waals surface area contributed by atoms with Gasteiger partial charge in [-0.05, 0) is 12.3 Å². The van der Waals surface area contributed by atoms with Gasteiger partial charge in [0.05, 0.1) is 0 Å². The number of rotatable bonds is 2. The predicted molar refractivity (Wildman–Crippen MR) is 23.7 cm³/mol. The van der Waals surface area contributed by atoms with Gasteiger partial charge in [-0.25, -0.2) is 0 Å². The van der Waals surface area contributed by atoms with Crippen molar-refractivity contribution in [1.82, 2.24) is 0 Å². The van der Waals surface area contributed by atoms with E-state index in [1.807, 2.05) is 0 Å². The summed E-state index contributed by atoms with van der Waals surface area (Å²) in [5.74, 6) is -1.40. The molecule has 9 heavy (non-hydrogen) atoms. The van der Waals surface area contributed by atoms with E-state index >= 15 is 0 Å². The van der Waals surface area contributed by atoms with E-state index in [-0.39, 0.29) is 69.8 Å². The predicted octanol–water partition coefficient (Wildman–Crippen LogP) is -4.63. The maximum atomic E-state index is 9.91. The van der Waals surface area contributed by atoms with Crippen molar-refractivity contribution in [3.05, 3.63) is 0 Å². The Morgan fingerprint density at radius 2 is 2.33 bits per heavy atom. The Hall–Kier alpha value is 1.07. The fraction of sp³-hybridized carbons (Fsp3) is 0.800. The summed E-state index contributed by atoms with van der Waals surface area (Å²) in [6, 6.07) is 0. The second kappa shape index (κ2) is 4.05. The quantitative estimate of drug-likeness (QED) is 0.407. The van der Waals surface area contributed by atoms with E-state index in [2.05, 4.69) is 0 Å². The van der Waals surface area contributed by atoms with Gasteiger partial charge < -0.3 is 15.0 Å². The van der Waals surface area contributed by atoms with Gasteiger partial charge in [-0.3, -0.25) is 0 Å². The van der Waals surface area contributed by atoms with Crippen LogP contribution in [0.1, 0.15) is 6.42 Å². The summed E-state index contributed by atoms with van der Waals surface area (Å²) in [5.41, 5.74) is 0. The molecule has 0 bridgehead atoms. The van der Waals surface area contributed by atoms with E-state index in [1.165, 1.54) is 0 Å². The molecule has 0 spiro atoms. The average molecular weight is 154 g/mol. The Morgan fingerprint density at radius 3 is 2.44 bits per heavy atom. The van der Waals surface area contributed by atoms with Crippen molar-refractivity contribution < 1.29 is 66.4 Å².